The first-order chi connectivity index (χ1) is 18.5. The second kappa shape index (κ2) is 10.7. The second-order valence-electron chi connectivity index (χ2n) is 11.1. The number of halogens is 6. The van der Waals surface area contributed by atoms with E-state index in [2.05, 4.69) is 19.9 Å². The highest BCUT2D eigenvalue weighted by Gasteiger charge is 2.44. The summed E-state index contributed by atoms with van der Waals surface area (Å²) in [6.45, 7) is 5.94. The molecule has 3 atom stereocenters. The molecule has 4 rings (SSSR count). The van der Waals surface area contributed by atoms with Gasteiger partial charge in [-0.15, -0.1) is 0 Å². The fourth-order valence-electron chi connectivity index (χ4n) is 5.54. The Labute approximate surface area is 228 Å². The number of ether oxygens (including phenoxy) is 2. The molecular weight excluding hydrogens is 538 g/mol. The predicted octanol–water partition coefficient (Wildman–Crippen LogP) is 7.31. The maximum absolute atomic E-state index is 13.5. The van der Waals surface area contributed by atoms with Crippen LogP contribution in [0.1, 0.15) is 74.0 Å². The monoisotopic (exact) mass is 568 g/mol. The van der Waals surface area contributed by atoms with Gasteiger partial charge in [-0.25, -0.2) is 4.90 Å². The molecule has 0 radical (unpaired) electrons. The van der Waals surface area contributed by atoms with Crippen molar-refractivity contribution in [2.75, 3.05) is 13.7 Å². The van der Waals surface area contributed by atoms with E-state index >= 15 is 0 Å². The standard InChI is InChI=1S/C29H30F6N2O3/c1-16-25(18-10-20(28(30,31)32)12-21(11-18)29(33,34)35)40-26(38)37(16)15-19-13-27(2,3)8-7-22(19)23-9-17(14-36)5-6-24(23)39-4/h5-6,9-12,16,25-26,38H,7-8,13,15H2,1-4H3/t16-,25-,26?/m0/s1. The molecule has 1 N–H and O–H groups in total. The summed E-state index contributed by atoms with van der Waals surface area (Å²) in [6.07, 6.45) is -10.7. The van der Waals surface area contributed by atoms with Crippen LogP contribution in [0.5, 0.6) is 5.75 Å². The second-order valence-corrected chi connectivity index (χ2v) is 11.1. The first-order valence-corrected chi connectivity index (χ1v) is 12.7. The highest BCUT2D eigenvalue weighted by Crippen LogP contribution is 2.47. The Balaban J connectivity index is 1.74. The van der Waals surface area contributed by atoms with E-state index in [1.807, 2.05) is 0 Å². The van der Waals surface area contributed by atoms with Crippen LogP contribution in [0.4, 0.5) is 26.3 Å². The zero-order valence-corrected chi connectivity index (χ0v) is 22.5. The molecule has 1 unspecified atom stereocenters. The third kappa shape index (κ3) is 6.14. The Morgan fingerprint density at radius 3 is 2.25 bits per heavy atom. The number of rotatable bonds is 5. The molecule has 216 valence electrons. The molecule has 0 saturated carbocycles. The number of aliphatic hydroxyl groups excluding tert-OH is 1. The molecule has 2 aromatic rings. The van der Waals surface area contributed by atoms with E-state index in [4.69, 9.17) is 9.47 Å². The number of allylic oxidation sites excluding steroid dienone is 1. The van der Waals surface area contributed by atoms with Crippen molar-refractivity contribution in [2.24, 2.45) is 5.41 Å². The lowest BCUT2D eigenvalue weighted by atomic mass is 9.72. The lowest BCUT2D eigenvalue weighted by Gasteiger charge is -2.36. The van der Waals surface area contributed by atoms with Crippen LogP contribution in [0.3, 0.4) is 0 Å². The Kier molecular flexibility index (Phi) is 8.02. The summed E-state index contributed by atoms with van der Waals surface area (Å²) in [5, 5.41) is 20.3. The zero-order chi connectivity index (χ0) is 29.6. The number of alkyl halides is 6. The molecule has 2 aliphatic rings. The van der Waals surface area contributed by atoms with Crippen molar-refractivity contribution < 1.29 is 40.9 Å². The van der Waals surface area contributed by atoms with Crippen molar-refractivity contribution in [1.29, 1.82) is 5.26 Å². The molecule has 11 heteroatoms. The van der Waals surface area contributed by atoms with E-state index in [1.165, 1.54) is 12.0 Å². The summed E-state index contributed by atoms with van der Waals surface area (Å²) in [5.74, 6) is 0.569. The zero-order valence-electron chi connectivity index (χ0n) is 22.5. The number of benzene rings is 2. The van der Waals surface area contributed by atoms with Gasteiger partial charge in [0.05, 0.1) is 29.9 Å². The molecule has 1 fully saturated rings. The predicted molar refractivity (Wildman–Crippen MR) is 135 cm³/mol. The lowest BCUT2D eigenvalue weighted by molar-refractivity contribution is -0.150. The fourth-order valence-corrected chi connectivity index (χ4v) is 5.54. The molecule has 40 heavy (non-hydrogen) atoms. The Bertz CT molecular complexity index is 1310. The normalized spacial score (nSPS) is 23.8. The van der Waals surface area contributed by atoms with Gasteiger partial charge in [0, 0.05) is 18.2 Å². The van der Waals surface area contributed by atoms with Crippen LogP contribution < -0.4 is 4.74 Å². The van der Waals surface area contributed by atoms with Crippen LogP contribution in [0.2, 0.25) is 0 Å². The van der Waals surface area contributed by atoms with Crippen molar-refractivity contribution >= 4 is 5.57 Å². The molecule has 0 spiro atoms. The molecule has 1 saturated heterocycles. The van der Waals surface area contributed by atoms with E-state index < -0.39 is 42.0 Å². The fraction of sp³-hybridized carbons (Fsp3) is 0.483. The van der Waals surface area contributed by atoms with Gasteiger partial charge in [0.1, 0.15) is 11.9 Å². The summed E-state index contributed by atoms with van der Waals surface area (Å²) in [5.41, 5.74) is -0.286. The number of hydrogen-bond acceptors (Lipinski definition) is 5. The maximum atomic E-state index is 13.5. The highest BCUT2D eigenvalue weighted by atomic mass is 19.4. The number of nitriles is 1. The lowest BCUT2D eigenvalue weighted by Crippen LogP contribution is -2.38. The summed E-state index contributed by atoms with van der Waals surface area (Å²) >= 11 is 0. The van der Waals surface area contributed by atoms with Gasteiger partial charge in [0.2, 0.25) is 6.41 Å². The van der Waals surface area contributed by atoms with Crippen molar-refractivity contribution in [3.8, 4) is 11.8 Å². The van der Waals surface area contributed by atoms with E-state index in [9.17, 15) is 36.7 Å². The number of hydrogen-bond donors (Lipinski definition) is 1. The maximum Gasteiger partial charge on any atom is 0.416 e. The smallest absolute Gasteiger partial charge is 0.416 e. The average Bonchev–Trinajstić information content (AvgIpc) is 3.15. The molecule has 1 aliphatic heterocycles. The molecular formula is C29H30F6N2O3. The van der Waals surface area contributed by atoms with Crippen LogP contribution in [-0.4, -0.2) is 36.1 Å². The van der Waals surface area contributed by atoms with Gasteiger partial charge in [-0.1, -0.05) is 19.4 Å². The summed E-state index contributed by atoms with van der Waals surface area (Å²) in [7, 11) is 1.52. The molecule has 1 heterocycles. The quantitative estimate of drug-likeness (QED) is 0.384. The Morgan fingerprint density at radius 1 is 1.07 bits per heavy atom. The minimum absolute atomic E-state index is 0.0707. The van der Waals surface area contributed by atoms with E-state index in [0.29, 0.717) is 36.3 Å². The first kappa shape index (κ1) is 29.9. The van der Waals surface area contributed by atoms with Gasteiger partial charge >= 0.3 is 12.4 Å². The SMILES string of the molecule is COc1ccc(C#N)cc1C1=C(CN2C(O)O[C@H](c3cc(C(F)(F)F)cc(C(F)(F)F)c3)[C@@H]2C)CC(C)(C)CC1. The Morgan fingerprint density at radius 2 is 1.70 bits per heavy atom. The van der Waals surface area contributed by atoms with Crippen LogP contribution in [0.15, 0.2) is 42.0 Å². The van der Waals surface area contributed by atoms with Crippen molar-refractivity contribution in [3.63, 3.8) is 0 Å². The number of nitrogens with zero attached hydrogens (tertiary/aromatic N) is 2. The summed E-state index contributed by atoms with van der Waals surface area (Å²) in [6, 6.07) is 7.79. The topological polar surface area (TPSA) is 65.7 Å². The largest absolute Gasteiger partial charge is 0.496 e. The van der Waals surface area contributed by atoms with Gasteiger partial charge in [0.15, 0.2) is 0 Å². The third-order valence-corrected chi connectivity index (χ3v) is 7.65. The third-order valence-electron chi connectivity index (χ3n) is 7.65. The average molecular weight is 569 g/mol. The number of aliphatic hydroxyl groups is 1. The van der Waals surface area contributed by atoms with Crippen LogP contribution in [0, 0.1) is 16.7 Å². The molecule has 2 aromatic carbocycles. The van der Waals surface area contributed by atoms with Gasteiger partial charge in [-0.3, -0.25) is 0 Å². The van der Waals surface area contributed by atoms with Crippen molar-refractivity contribution in [2.45, 2.75) is 70.9 Å². The highest BCUT2D eigenvalue weighted by molar-refractivity contribution is 5.75. The van der Waals surface area contributed by atoms with Crippen LogP contribution >= 0.6 is 0 Å². The summed E-state index contributed by atoms with van der Waals surface area (Å²) < 4.78 is 92.0. The number of methoxy groups -OCH3 is 1. The van der Waals surface area contributed by atoms with E-state index in [1.54, 1.807) is 25.1 Å². The van der Waals surface area contributed by atoms with Gasteiger partial charge in [-0.05, 0) is 79.1 Å². The van der Waals surface area contributed by atoms with E-state index in [-0.39, 0.29) is 23.6 Å². The molecule has 0 bridgehead atoms. The van der Waals surface area contributed by atoms with Crippen LogP contribution in [0.25, 0.3) is 5.57 Å². The molecule has 5 nitrogen and oxygen atoms in total. The van der Waals surface area contributed by atoms with Crippen LogP contribution in [-0.2, 0) is 17.1 Å². The molecule has 1 aliphatic carbocycles. The van der Waals surface area contributed by atoms with E-state index in [0.717, 1.165) is 23.1 Å². The molecule has 0 amide bonds. The van der Waals surface area contributed by atoms with Crippen molar-refractivity contribution in [1.82, 2.24) is 4.90 Å². The first-order valence-electron chi connectivity index (χ1n) is 12.7. The van der Waals surface area contributed by atoms with Gasteiger partial charge < -0.3 is 14.6 Å². The van der Waals surface area contributed by atoms with Gasteiger partial charge in [-0.2, -0.15) is 31.6 Å². The summed E-state index contributed by atoms with van der Waals surface area (Å²) in [4.78, 5) is 1.52. The Hall–Kier alpha value is -3.07. The minimum Gasteiger partial charge on any atom is -0.496 e. The molecule has 0 aromatic heterocycles. The van der Waals surface area contributed by atoms with Crippen molar-refractivity contribution in [3.05, 3.63) is 69.8 Å². The minimum atomic E-state index is -5.00. The van der Waals surface area contributed by atoms with Gasteiger partial charge in [0.25, 0.3) is 0 Å².